The van der Waals surface area contributed by atoms with Gasteiger partial charge in [-0.2, -0.15) is 0 Å². The van der Waals surface area contributed by atoms with E-state index in [-0.39, 0.29) is 23.2 Å². The highest BCUT2D eigenvalue weighted by atomic mass is 19.1. The molecule has 2 aromatic rings. The van der Waals surface area contributed by atoms with Gasteiger partial charge in [0.2, 0.25) is 0 Å². The van der Waals surface area contributed by atoms with Gasteiger partial charge in [-0.05, 0) is 23.7 Å². The molecule has 0 spiro atoms. The zero-order chi connectivity index (χ0) is 18.0. The van der Waals surface area contributed by atoms with Crippen LogP contribution in [0.1, 0.15) is 27.4 Å². The number of carboxylic acid groups (broad SMARTS) is 1. The van der Waals surface area contributed by atoms with Gasteiger partial charge in [0.15, 0.2) is 5.78 Å². The molecule has 0 bridgehead atoms. The van der Waals surface area contributed by atoms with Gasteiger partial charge < -0.3 is 10.2 Å². The molecule has 1 aromatic heterocycles. The molecule has 1 heterocycles. The minimum absolute atomic E-state index is 0.0548. The number of carboxylic acids is 1. The normalized spacial score (nSPS) is 12.3. The highest BCUT2D eigenvalue weighted by Gasteiger charge is 2.15. The second-order valence-corrected chi connectivity index (χ2v) is 4.17. The first-order chi connectivity index (χ1) is 11.2. The van der Waals surface area contributed by atoms with Gasteiger partial charge in [-0.15, -0.1) is 0 Å². The molecule has 0 aliphatic heterocycles. The van der Waals surface area contributed by atoms with Crippen LogP contribution in [0.3, 0.4) is 0 Å². The number of carbonyl (C=O) groups excluding carboxylic acids is 1. The molecule has 21 heavy (non-hydrogen) atoms. The fraction of sp³-hybridized carbons (Fsp3) is 0.133. The number of halogens is 1. The fourth-order valence-corrected chi connectivity index (χ4v) is 1.67. The summed E-state index contributed by atoms with van der Waals surface area (Å²) in [5.74, 6) is -3.53. The quantitative estimate of drug-likeness (QED) is 0.827. The van der Waals surface area contributed by atoms with Gasteiger partial charge >= 0.3 is 5.97 Å². The van der Waals surface area contributed by atoms with Crippen LogP contribution in [0.2, 0.25) is 0 Å². The minimum atomic E-state index is -1.17. The molecule has 0 saturated carbocycles. The van der Waals surface area contributed by atoms with E-state index in [2.05, 4.69) is 4.98 Å². The Balaban J connectivity index is 2.40. The van der Waals surface area contributed by atoms with Gasteiger partial charge in [0.1, 0.15) is 17.3 Å². The van der Waals surface area contributed by atoms with E-state index in [1.54, 1.807) is 0 Å². The average Bonchev–Trinajstić information content (AvgIpc) is 2.53. The Hall–Kier alpha value is -2.76. The third kappa shape index (κ3) is 3.62. The number of aliphatic carboxylic acids is 1. The van der Waals surface area contributed by atoms with Crippen LogP contribution in [-0.4, -0.2) is 26.9 Å². The van der Waals surface area contributed by atoms with Crippen molar-refractivity contribution in [2.45, 2.75) is 12.8 Å². The number of pyridine rings is 1. The van der Waals surface area contributed by atoms with Crippen LogP contribution in [0.5, 0.6) is 5.75 Å². The van der Waals surface area contributed by atoms with Crippen LogP contribution in [0.25, 0.3) is 11.1 Å². The molecule has 0 saturated heterocycles. The van der Waals surface area contributed by atoms with E-state index >= 15 is 0 Å². The smallest absolute Gasteiger partial charge is 0.303 e. The lowest BCUT2D eigenvalue weighted by Gasteiger charge is -2.06. The number of rotatable bonds is 5. The summed E-state index contributed by atoms with van der Waals surface area (Å²) in [5, 5.41) is 18.5. The van der Waals surface area contributed by atoms with Crippen molar-refractivity contribution in [3.8, 4) is 16.9 Å². The maximum atomic E-state index is 13.7. The number of Topliss-reactive ketones (excluding diaryl/α,β-unsaturated/α-hetero) is 1. The largest absolute Gasteiger partial charge is 0.506 e. The molecule has 2 rings (SSSR count). The van der Waals surface area contributed by atoms with Crippen molar-refractivity contribution in [3.05, 3.63) is 48.0 Å². The topological polar surface area (TPSA) is 87.5 Å². The Morgan fingerprint density at radius 3 is 2.76 bits per heavy atom. The molecule has 1 aromatic carbocycles. The predicted octanol–water partition coefficient (Wildman–Crippen LogP) is 2.64. The van der Waals surface area contributed by atoms with Gasteiger partial charge in [-0.25, -0.2) is 9.37 Å². The molecule has 0 radical (unpaired) electrons. The molecule has 0 atom stereocenters. The third-order valence-electron chi connectivity index (χ3n) is 2.65. The van der Waals surface area contributed by atoms with E-state index in [4.69, 9.17) is 9.22 Å². The monoisotopic (exact) mass is 292 g/mol. The third-order valence-corrected chi connectivity index (χ3v) is 2.65. The van der Waals surface area contributed by atoms with E-state index in [0.29, 0.717) is 0 Å². The molecule has 0 fully saturated rings. The molecule has 5 nitrogen and oxygen atoms in total. The molecule has 0 amide bonds. The van der Waals surface area contributed by atoms with E-state index in [1.165, 1.54) is 0 Å². The van der Waals surface area contributed by atoms with Crippen LogP contribution in [-0.2, 0) is 4.79 Å². The fourth-order valence-electron chi connectivity index (χ4n) is 1.67. The van der Waals surface area contributed by atoms with Gasteiger partial charge in [-0.1, -0.05) is 12.1 Å². The van der Waals surface area contributed by atoms with Gasteiger partial charge in [0, 0.05) is 18.2 Å². The van der Waals surface area contributed by atoms with E-state index < -0.39 is 47.9 Å². The van der Waals surface area contributed by atoms with Crippen molar-refractivity contribution in [2.24, 2.45) is 0 Å². The summed E-state index contributed by atoms with van der Waals surface area (Å²) in [7, 11) is 0. The summed E-state index contributed by atoms with van der Waals surface area (Å²) in [6.45, 7) is 0. The maximum Gasteiger partial charge on any atom is 0.303 e. The van der Waals surface area contributed by atoms with Crippen LogP contribution in [0, 0.1) is 5.82 Å². The Labute approximate surface area is 123 Å². The lowest BCUT2D eigenvalue weighted by atomic mass is 10.1. The summed E-state index contributed by atoms with van der Waals surface area (Å²) in [6.07, 6.45) is 0.374. The number of carbonyl (C=O) groups is 2. The molecular formula is C15H12FNO4. The number of nitrogens with zero attached hydrogens (tertiary/aromatic N) is 1. The number of hydrogen-bond acceptors (Lipinski definition) is 4. The zero-order valence-corrected chi connectivity index (χ0v) is 10.7. The molecule has 0 aliphatic carbocycles. The van der Waals surface area contributed by atoms with E-state index in [1.807, 2.05) is 0 Å². The number of aromatic hydroxyl groups is 1. The summed E-state index contributed by atoms with van der Waals surface area (Å²) < 4.78 is 36.2. The molecule has 2 N–H and O–H groups in total. The highest BCUT2D eigenvalue weighted by Crippen LogP contribution is 2.26. The van der Waals surface area contributed by atoms with E-state index in [9.17, 15) is 19.1 Å². The molecule has 108 valence electrons. The lowest BCUT2D eigenvalue weighted by Crippen LogP contribution is -2.06. The minimum Gasteiger partial charge on any atom is -0.506 e. The van der Waals surface area contributed by atoms with Crippen molar-refractivity contribution in [1.29, 1.82) is 0 Å². The Kier molecular flexibility index (Phi) is 3.20. The molecular weight excluding hydrogens is 277 g/mol. The Morgan fingerprint density at radius 2 is 2.10 bits per heavy atom. The Morgan fingerprint density at radius 1 is 1.33 bits per heavy atom. The van der Waals surface area contributed by atoms with Crippen LogP contribution < -0.4 is 0 Å². The number of benzene rings is 1. The molecule has 6 heteroatoms. The average molecular weight is 292 g/mol. The van der Waals surface area contributed by atoms with Crippen LogP contribution in [0.15, 0.2) is 36.5 Å². The maximum absolute atomic E-state index is 13.7. The predicted molar refractivity (Wildman–Crippen MR) is 72.5 cm³/mol. The standard InChI is InChI=1S/C15H12FNO4/c16-11-3-1-2-9(6-11)10-7-13(19)15(17-8-10)12(18)4-5-14(20)21/h1-3,6-8,19H,4-5H2,(H,20,21)/i1D,3D,6D. The summed E-state index contributed by atoms with van der Waals surface area (Å²) in [6, 6.07) is 0.413. The first kappa shape index (κ1) is 11.0. The van der Waals surface area contributed by atoms with Crippen molar-refractivity contribution in [3.63, 3.8) is 0 Å². The first-order valence-corrected chi connectivity index (χ1v) is 5.93. The Bertz CT molecular complexity index is 842. The molecule has 0 aliphatic rings. The lowest BCUT2D eigenvalue weighted by molar-refractivity contribution is -0.136. The number of aromatic nitrogens is 1. The van der Waals surface area contributed by atoms with Crippen molar-refractivity contribution in [1.82, 2.24) is 4.98 Å². The van der Waals surface area contributed by atoms with E-state index in [0.717, 1.165) is 18.3 Å². The van der Waals surface area contributed by atoms with Gasteiger partial charge in [0.25, 0.3) is 0 Å². The summed E-state index contributed by atoms with van der Waals surface area (Å²) in [4.78, 5) is 26.0. The van der Waals surface area contributed by atoms with Crippen molar-refractivity contribution < 1.29 is 28.3 Å². The van der Waals surface area contributed by atoms with Crippen molar-refractivity contribution in [2.75, 3.05) is 0 Å². The summed E-state index contributed by atoms with van der Waals surface area (Å²) >= 11 is 0. The van der Waals surface area contributed by atoms with Crippen LogP contribution >= 0.6 is 0 Å². The zero-order valence-electron chi connectivity index (χ0n) is 13.7. The van der Waals surface area contributed by atoms with Gasteiger partial charge in [0.05, 0.1) is 10.5 Å². The second kappa shape index (κ2) is 6.13. The van der Waals surface area contributed by atoms with Gasteiger partial charge in [-0.3, -0.25) is 9.59 Å². The number of hydrogen-bond donors (Lipinski definition) is 2. The van der Waals surface area contributed by atoms with Crippen molar-refractivity contribution >= 4 is 11.8 Å². The van der Waals surface area contributed by atoms with Crippen LogP contribution in [0.4, 0.5) is 4.39 Å². The summed E-state index contributed by atoms with van der Waals surface area (Å²) in [5.41, 5.74) is -0.282. The molecule has 0 unspecified atom stereocenters. The number of ketones is 1. The SMILES string of the molecule is [2H]c1cc(-c2cnc(C(=O)CCC(=O)O)c(O)c2)c([2H])c(F)c1[2H]. The highest BCUT2D eigenvalue weighted by molar-refractivity contribution is 5.98. The first-order valence-electron chi connectivity index (χ1n) is 7.43. The second-order valence-electron chi connectivity index (χ2n) is 4.17.